The van der Waals surface area contributed by atoms with E-state index >= 15 is 0 Å². The second-order valence-electron chi connectivity index (χ2n) is 5.89. The SMILES string of the molecule is CCC1OCCC1C(Cc1cccc2ccccc12)NN. The molecule has 112 valence electrons. The molecule has 0 aromatic heterocycles. The molecule has 3 atom stereocenters. The average molecular weight is 284 g/mol. The number of fused-ring (bicyclic) bond motifs is 1. The lowest BCUT2D eigenvalue weighted by Crippen LogP contribution is -2.45. The Kier molecular flexibility index (Phi) is 4.54. The molecule has 3 heteroatoms. The number of benzene rings is 2. The van der Waals surface area contributed by atoms with Crippen molar-refractivity contribution in [2.45, 2.75) is 38.3 Å². The predicted octanol–water partition coefficient (Wildman–Crippen LogP) is 3.03. The summed E-state index contributed by atoms with van der Waals surface area (Å²) in [5, 5.41) is 2.62. The zero-order valence-electron chi connectivity index (χ0n) is 12.6. The Morgan fingerprint density at radius 1 is 1.24 bits per heavy atom. The van der Waals surface area contributed by atoms with Gasteiger partial charge in [-0.3, -0.25) is 11.3 Å². The van der Waals surface area contributed by atoms with Gasteiger partial charge < -0.3 is 4.74 Å². The molecule has 1 aliphatic heterocycles. The highest BCUT2D eigenvalue weighted by Crippen LogP contribution is 2.29. The van der Waals surface area contributed by atoms with E-state index in [4.69, 9.17) is 10.6 Å². The van der Waals surface area contributed by atoms with Crippen molar-refractivity contribution in [3.63, 3.8) is 0 Å². The van der Waals surface area contributed by atoms with Gasteiger partial charge >= 0.3 is 0 Å². The molecule has 1 saturated heterocycles. The van der Waals surface area contributed by atoms with Crippen LogP contribution >= 0.6 is 0 Å². The van der Waals surface area contributed by atoms with Crippen LogP contribution in [0, 0.1) is 5.92 Å². The molecule has 1 fully saturated rings. The monoisotopic (exact) mass is 284 g/mol. The number of ether oxygens (including phenoxy) is 1. The first-order valence-electron chi connectivity index (χ1n) is 7.88. The molecular formula is C18H24N2O. The van der Waals surface area contributed by atoms with Crippen molar-refractivity contribution in [1.29, 1.82) is 0 Å². The van der Waals surface area contributed by atoms with Gasteiger partial charge in [0.25, 0.3) is 0 Å². The predicted molar refractivity (Wildman–Crippen MR) is 86.9 cm³/mol. The van der Waals surface area contributed by atoms with Gasteiger partial charge in [-0.05, 0) is 35.6 Å². The summed E-state index contributed by atoms with van der Waals surface area (Å²) in [6.45, 7) is 3.05. The zero-order chi connectivity index (χ0) is 14.7. The van der Waals surface area contributed by atoms with E-state index in [1.807, 2.05) is 0 Å². The van der Waals surface area contributed by atoms with Crippen molar-refractivity contribution in [3.8, 4) is 0 Å². The second-order valence-corrected chi connectivity index (χ2v) is 5.89. The molecule has 0 spiro atoms. The van der Waals surface area contributed by atoms with Crippen LogP contribution in [0.1, 0.15) is 25.3 Å². The van der Waals surface area contributed by atoms with E-state index in [0.717, 1.165) is 25.9 Å². The molecule has 3 nitrogen and oxygen atoms in total. The molecule has 3 N–H and O–H groups in total. The summed E-state index contributed by atoms with van der Waals surface area (Å²) in [7, 11) is 0. The Balaban J connectivity index is 1.86. The third-order valence-corrected chi connectivity index (χ3v) is 4.71. The fourth-order valence-corrected chi connectivity index (χ4v) is 3.59. The van der Waals surface area contributed by atoms with E-state index in [1.54, 1.807) is 0 Å². The molecule has 0 radical (unpaired) electrons. The number of nitrogens with two attached hydrogens (primary N) is 1. The van der Waals surface area contributed by atoms with Crippen LogP contribution in [0.25, 0.3) is 10.8 Å². The third-order valence-electron chi connectivity index (χ3n) is 4.71. The molecule has 0 aliphatic carbocycles. The minimum absolute atomic E-state index is 0.267. The minimum atomic E-state index is 0.267. The third kappa shape index (κ3) is 2.95. The average Bonchev–Trinajstić information content (AvgIpc) is 3.01. The Bertz CT molecular complexity index is 593. The summed E-state index contributed by atoms with van der Waals surface area (Å²) < 4.78 is 5.83. The molecule has 0 saturated carbocycles. The second kappa shape index (κ2) is 6.56. The van der Waals surface area contributed by atoms with Gasteiger partial charge in [0, 0.05) is 18.6 Å². The van der Waals surface area contributed by atoms with E-state index in [1.165, 1.54) is 16.3 Å². The first-order valence-corrected chi connectivity index (χ1v) is 7.88. The summed E-state index contributed by atoms with van der Waals surface area (Å²) in [4.78, 5) is 0. The normalized spacial score (nSPS) is 23.5. The fourth-order valence-electron chi connectivity index (χ4n) is 3.59. The van der Waals surface area contributed by atoms with Gasteiger partial charge in [-0.15, -0.1) is 0 Å². The van der Waals surface area contributed by atoms with Gasteiger partial charge in [0.1, 0.15) is 0 Å². The van der Waals surface area contributed by atoms with Gasteiger partial charge in [-0.1, -0.05) is 49.4 Å². The zero-order valence-corrected chi connectivity index (χ0v) is 12.6. The van der Waals surface area contributed by atoms with Crippen LogP contribution in [0.2, 0.25) is 0 Å². The van der Waals surface area contributed by atoms with Crippen LogP contribution in [0.4, 0.5) is 0 Å². The van der Waals surface area contributed by atoms with E-state index in [2.05, 4.69) is 54.8 Å². The maximum absolute atomic E-state index is 5.86. The largest absolute Gasteiger partial charge is 0.378 e. The standard InChI is InChI=1S/C18H24N2O/c1-2-18-16(10-11-21-18)17(20-19)12-14-8-5-7-13-6-3-4-9-15(13)14/h3-9,16-18,20H,2,10-12,19H2,1H3. The fraction of sp³-hybridized carbons (Fsp3) is 0.444. The van der Waals surface area contributed by atoms with Crippen molar-refractivity contribution >= 4 is 10.8 Å². The number of hydrogen-bond donors (Lipinski definition) is 2. The Morgan fingerprint density at radius 2 is 2.05 bits per heavy atom. The highest BCUT2D eigenvalue weighted by molar-refractivity contribution is 5.85. The van der Waals surface area contributed by atoms with Crippen LogP contribution in [0.5, 0.6) is 0 Å². The Hall–Kier alpha value is -1.42. The van der Waals surface area contributed by atoms with Crippen molar-refractivity contribution in [3.05, 3.63) is 48.0 Å². The summed E-state index contributed by atoms with van der Waals surface area (Å²) >= 11 is 0. The smallest absolute Gasteiger partial charge is 0.0617 e. The lowest BCUT2D eigenvalue weighted by Gasteiger charge is -2.27. The number of hydrogen-bond acceptors (Lipinski definition) is 3. The molecule has 2 aromatic rings. The van der Waals surface area contributed by atoms with Crippen LogP contribution in [-0.2, 0) is 11.2 Å². The Morgan fingerprint density at radius 3 is 2.86 bits per heavy atom. The van der Waals surface area contributed by atoms with Crippen LogP contribution < -0.4 is 11.3 Å². The number of rotatable bonds is 5. The van der Waals surface area contributed by atoms with Crippen molar-refractivity contribution < 1.29 is 4.74 Å². The maximum Gasteiger partial charge on any atom is 0.0617 e. The van der Waals surface area contributed by atoms with Crippen molar-refractivity contribution in [2.24, 2.45) is 11.8 Å². The first-order chi connectivity index (χ1) is 10.3. The van der Waals surface area contributed by atoms with Gasteiger partial charge in [-0.25, -0.2) is 0 Å². The van der Waals surface area contributed by atoms with Gasteiger partial charge in [0.2, 0.25) is 0 Å². The van der Waals surface area contributed by atoms with Gasteiger partial charge in [0.15, 0.2) is 0 Å². The van der Waals surface area contributed by atoms with Crippen LogP contribution in [0.3, 0.4) is 0 Å². The molecule has 21 heavy (non-hydrogen) atoms. The molecule has 0 bridgehead atoms. The quantitative estimate of drug-likeness (QED) is 0.655. The minimum Gasteiger partial charge on any atom is -0.378 e. The number of hydrazine groups is 1. The van der Waals surface area contributed by atoms with Gasteiger partial charge in [-0.2, -0.15) is 0 Å². The molecule has 1 heterocycles. The summed E-state index contributed by atoms with van der Waals surface area (Å²) in [5.41, 5.74) is 4.40. The summed E-state index contributed by atoms with van der Waals surface area (Å²) in [6, 6.07) is 15.3. The van der Waals surface area contributed by atoms with Crippen molar-refractivity contribution in [1.82, 2.24) is 5.43 Å². The van der Waals surface area contributed by atoms with Gasteiger partial charge in [0.05, 0.1) is 6.10 Å². The molecule has 1 aliphatic rings. The molecule has 3 rings (SSSR count). The van der Waals surface area contributed by atoms with E-state index in [-0.39, 0.29) is 6.04 Å². The van der Waals surface area contributed by atoms with E-state index < -0.39 is 0 Å². The lowest BCUT2D eigenvalue weighted by atomic mass is 9.86. The van der Waals surface area contributed by atoms with Crippen LogP contribution in [-0.4, -0.2) is 18.8 Å². The first kappa shape index (κ1) is 14.5. The summed E-state index contributed by atoms with van der Waals surface area (Å²) in [6.07, 6.45) is 3.43. The highest BCUT2D eigenvalue weighted by atomic mass is 16.5. The molecule has 3 unspecified atom stereocenters. The van der Waals surface area contributed by atoms with Crippen molar-refractivity contribution in [2.75, 3.05) is 6.61 Å². The number of nitrogens with one attached hydrogen (secondary N) is 1. The molecule has 2 aromatic carbocycles. The lowest BCUT2D eigenvalue weighted by molar-refractivity contribution is 0.0775. The molecular weight excluding hydrogens is 260 g/mol. The Labute approximate surface area is 126 Å². The molecule has 0 amide bonds. The maximum atomic E-state index is 5.86. The highest BCUT2D eigenvalue weighted by Gasteiger charge is 2.33. The van der Waals surface area contributed by atoms with E-state index in [9.17, 15) is 0 Å². The summed E-state index contributed by atoms with van der Waals surface area (Å²) in [5.74, 6) is 6.35. The topological polar surface area (TPSA) is 47.3 Å². The van der Waals surface area contributed by atoms with E-state index in [0.29, 0.717) is 12.0 Å². The van der Waals surface area contributed by atoms with Crippen LogP contribution in [0.15, 0.2) is 42.5 Å².